The Bertz CT molecular complexity index is 758. The average molecular weight is 293 g/mol. The first-order valence-corrected chi connectivity index (χ1v) is 4.99. The van der Waals surface area contributed by atoms with Gasteiger partial charge in [-0.05, 0) is 0 Å². The van der Waals surface area contributed by atoms with E-state index in [1.165, 1.54) is 0 Å². The summed E-state index contributed by atoms with van der Waals surface area (Å²) >= 11 is 0. The largest absolute Gasteiger partial charge is 0.492 e. The SMILES string of the molecule is O=C(ONCc1nc2[nH]c(=O)[nH]c(=O)c2[nH]1)C(F)(F)F. The molecule has 0 aliphatic carbocycles. The smallest absolute Gasteiger partial charge is 0.363 e. The molecule has 9 nitrogen and oxygen atoms in total. The second-order valence-corrected chi connectivity index (χ2v) is 3.52. The highest BCUT2D eigenvalue weighted by Crippen LogP contribution is 2.15. The van der Waals surface area contributed by atoms with Gasteiger partial charge >= 0.3 is 17.8 Å². The maximum absolute atomic E-state index is 11.8. The van der Waals surface area contributed by atoms with Crippen molar-refractivity contribution in [2.24, 2.45) is 0 Å². The summed E-state index contributed by atoms with van der Waals surface area (Å²) in [6.07, 6.45) is -5.12. The van der Waals surface area contributed by atoms with Gasteiger partial charge in [0.1, 0.15) is 11.3 Å². The van der Waals surface area contributed by atoms with Crippen molar-refractivity contribution < 1.29 is 22.8 Å². The summed E-state index contributed by atoms with van der Waals surface area (Å²) in [7, 11) is 0. The molecule has 108 valence electrons. The van der Waals surface area contributed by atoms with Crippen LogP contribution >= 0.6 is 0 Å². The number of hydrogen-bond acceptors (Lipinski definition) is 6. The van der Waals surface area contributed by atoms with Gasteiger partial charge in [0.15, 0.2) is 5.65 Å². The number of aromatic nitrogens is 4. The molecule has 0 fully saturated rings. The fourth-order valence-electron chi connectivity index (χ4n) is 1.29. The predicted octanol–water partition coefficient (Wildman–Crippen LogP) is -0.950. The molecule has 20 heavy (non-hydrogen) atoms. The number of alkyl halides is 3. The van der Waals surface area contributed by atoms with Crippen molar-refractivity contribution in [1.29, 1.82) is 0 Å². The fraction of sp³-hybridized carbons (Fsp3) is 0.250. The second kappa shape index (κ2) is 4.80. The Hall–Kier alpha value is -2.63. The molecule has 2 aromatic heterocycles. The van der Waals surface area contributed by atoms with Crippen LogP contribution in [0.2, 0.25) is 0 Å². The fourth-order valence-corrected chi connectivity index (χ4v) is 1.29. The van der Waals surface area contributed by atoms with Crippen LogP contribution < -0.4 is 16.7 Å². The Balaban J connectivity index is 2.08. The molecule has 0 aliphatic heterocycles. The number of carbonyl (C=O) groups is 1. The number of hydroxylamine groups is 1. The molecule has 12 heteroatoms. The summed E-state index contributed by atoms with van der Waals surface area (Å²) in [5.41, 5.74) is 0.0763. The van der Waals surface area contributed by atoms with Gasteiger partial charge in [-0.25, -0.2) is 14.6 Å². The molecule has 2 aromatic rings. The molecule has 0 spiro atoms. The number of rotatable bonds is 3. The second-order valence-electron chi connectivity index (χ2n) is 3.52. The van der Waals surface area contributed by atoms with E-state index in [2.05, 4.69) is 19.8 Å². The third-order valence-corrected chi connectivity index (χ3v) is 2.07. The highest BCUT2D eigenvalue weighted by molar-refractivity contribution is 5.75. The van der Waals surface area contributed by atoms with Crippen molar-refractivity contribution in [3.8, 4) is 0 Å². The molecule has 0 atom stereocenters. The number of H-pyrrole nitrogens is 3. The molecule has 0 aliphatic rings. The monoisotopic (exact) mass is 293 g/mol. The quantitative estimate of drug-likeness (QED) is 0.539. The molecule has 0 saturated heterocycles. The lowest BCUT2D eigenvalue weighted by molar-refractivity contribution is -0.207. The normalized spacial score (nSPS) is 11.8. The maximum atomic E-state index is 11.8. The molecule has 0 amide bonds. The molecule has 0 bridgehead atoms. The van der Waals surface area contributed by atoms with Crippen molar-refractivity contribution >= 4 is 17.1 Å². The number of hydrogen-bond donors (Lipinski definition) is 4. The topological polar surface area (TPSA) is 133 Å². The minimum Gasteiger partial charge on any atom is -0.363 e. The highest BCUT2D eigenvalue weighted by atomic mass is 19.4. The lowest BCUT2D eigenvalue weighted by Gasteiger charge is -2.05. The van der Waals surface area contributed by atoms with Crippen molar-refractivity contribution in [1.82, 2.24) is 25.4 Å². The van der Waals surface area contributed by atoms with Crippen LogP contribution in [-0.4, -0.2) is 32.1 Å². The Kier molecular flexibility index (Phi) is 3.31. The van der Waals surface area contributed by atoms with E-state index in [0.29, 0.717) is 0 Å². The molecule has 2 rings (SSSR count). The van der Waals surface area contributed by atoms with Gasteiger partial charge in [0.05, 0.1) is 6.54 Å². The number of carbonyl (C=O) groups excluding carboxylic acids is 1. The molecule has 0 unspecified atom stereocenters. The first-order valence-electron chi connectivity index (χ1n) is 4.99. The summed E-state index contributed by atoms with van der Waals surface area (Å²) < 4.78 is 35.4. The third kappa shape index (κ3) is 2.85. The number of nitrogens with zero attached hydrogens (tertiary/aromatic N) is 1. The number of imidazole rings is 1. The van der Waals surface area contributed by atoms with Crippen LogP contribution in [0.1, 0.15) is 5.82 Å². The Labute approximate surface area is 106 Å². The van der Waals surface area contributed by atoms with Gasteiger partial charge in [0.25, 0.3) is 5.56 Å². The highest BCUT2D eigenvalue weighted by Gasteiger charge is 2.41. The van der Waals surface area contributed by atoms with E-state index in [1.807, 2.05) is 4.98 Å². The average Bonchev–Trinajstić information content (AvgIpc) is 2.70. The van der Waals surface area contributed by atoms with Crippen LogP contribution in [0, 0.1) is 0 Å². The van der Waals surface area contributed by atoms with Crippen LogP contribution in [0.3, 0.4) is 0 Å². The molecular weight excluding hydrogens is 287 g/mol. The maximum Gasteiger partial charge on any atom is 0.492 e. The van der Waals surface area contributed by atoms with E-state index in [4.69, 9.17) is 0 Å². The predicted molar refractivity (Wildman–Crippen MR) is 56.3 cm³/mol. The zero-order valence-electron chi connectivity index (χ0n) is 9.42. The van der Waals surface area contributed by atoms with E-state index < -0.39 is 29.9 Å². The van der Waals surface area contributed by atoms with Crippen molar-refractivity contribution in [2.75, 3.05) is 0 Å². The molecule has 0 saturated carbocycles. The summed E-state index contributed by atoms with van der Waals surface area (Å²) in [5.74, 6) is -2.43. The first-order chi connectivity index (χ1) is 9.27. The van der Waals surface area contributed by atoms with Gasteiger partial charge < -0.3 is 9.82 Å². The van der Waals surface area contributed by atoms with E-state index in [9.17, 15) is 27.6 Å². The first kappa shape index (κ1) is 13.8. The van der Waals surface area contributed by atoms with E-state index in [0.717, 1.165) is 0 Å². The molecule has 0 aromatic carbocycles. The summed E-state index contributed by atoms with van der Waals surface area (Å²) in [6.45, 7) is -0.419. The zero-order chi connectivity index (χ0) is 14.9. The Morgan fingerprint density at radius 2 is 1.95 bits per heavy atom. The minimum atomic E-state index is -5.12. The van der Waals surface area contributed by atoms with Crippen LogP contribution in [-0.2, 0) is 16.2 Å². The number of halogens is 3. The standard InChI is InChI=1S/C8H6F3N5O4/c9-8(10,11)6(18)20-12-1-2-13-3-4(14-2)15-7(19)16-5(3)17/h12H,1H2,(H3,13,14,15,16,17,19). The number of fused-ring (bicyclic) bond motifs is 1. The lowest BCUT2D eigenvalue weighted by atomic mass is 10.5. The van der Waals surface area contributed by atoms with Gasteiger partial charge in [0.2, 0.25) is 0 Å². The van der Waals surface area contributed by atoms with Crippen molar-refractivity contribution in [3.05, 3.63) is 26.7 Å². The van der Waals surface area contributed by atoms with Crippen LogP contribution in [0.4, 0.5) is 13.2 Å². The van der Waals surface area contributed by atoms with Gasteiger partial charge in [-0.3, -0.25) is 14.8 Å². The number of aromatic amines is 3. The Morgan fingerprint density at radius 1 is 1.25 bits per heavy atom. The van der Waals surface area contributed by atoms with E-state index in [-0.39, 0.29) is 17.0 Å². The number of nitrogens with one attached hydrogen (secondary N) is 4. The van der Waals surface area contributed by atoms with Crippen LogP contribution in [0.15, 0.2) is 9.59 Å². The third-order valence-electron chi connectivity index (χ3n) is 2.07. The Morgan fingerprint density at radius 3 is 2.60 bits per heavy atom. The summed E-state index contributed by atoms with van der Waals surface area (Å²) in [5, 5.41) is 0. The van der Waals surface area contributed by atoms with E-state index >= 15 is 0 Å². The van der Waals surface area contributed by atoms with Crippen molar-refractivity contribution in [2.45, 2.75) is 12.7 Å². The molecule has 2 heterocycles. The molecule has 0 radical (unpaired) electrons. The van der Waals surface area contributed by atoms with Gasteiger partial charge in [-0.15, -0.1) is 5.48 Å². The van der Waals surface area contributed by atoms with Crippen LogP contribution in [0.5, 0.6) is 0 Å². The summed E-state index contributed by atoms with van der Waals surface area (Å²) in [6, 6.07) is 0. The van der Waals surface area contributed by atoms with Gasteiger partial charge in [0, 0.05) is 0 Å². The van der Waals surface area contributed by atoms with Crippen molar-refractivity contribution in [3.63, 3.8) is 0 Å². The molecule has 4 N–H and O–H groups in total. The van der Waals surface area contributed by atoms with Gasteiger partial charge in [-0.1, -0.05) is 0 Å². The minimum absolute atomic E-state index is 0.0117. The summed E-state index contributed by atoms with van der Waals surface area (Å²) in [4.78, 5) is 46.7. The lowest BCUT2D eigenvalue weighted by Crippen LogP contribution is -2.31. The zero-order valence-corrected chi connectivity index (χ0v) is 9.42. The van der Waals surface area contributed by atoms with E-state index in [1.54, 1.807) is 5.48 Å². The van der Waals surface area contributed by atoms with Crippen LogP contribution in [0.25, 0.3) is 11.2 Å². The molecular formula is C8H6F3N5O4. The van der Waals surface area contributed by atoms with Gasteiger partial charge in [-0.2, -0.15) is 13.2 Å².